The van der Waals surface area contributed by atoms with Crippen LogP contribution in [0, 0.1) is 16.0 Å². The van der Waals surface area contributed by atoms with E-state index in [0.717, 1.165) is 23.1 Å². The Bertz CT molecular complexity index is 974. The van der Waals surface area contributed by atoms with Gasteiger partial charge in [0.2, 0.25) is 0 Å². The fourth-order valence-corrected chi connectivity index (χ4v) is 3.25. The number of nitro groups is 1. The Hall–Kier alpha value is -3.27. The van der Waals surface area contributed by atoms with E-state index in [1.165, 1.54) is 24.1 Å². The van der Waals surface area contributed by atoms with E-state index in [9.17, 15) is 14.9 Å². The molecule has 1 atom stereocenters. The minimum atomic E-state index is -0.443. The third kappa shape index (κ3) is 5.38. The summed E-state index contributed by atoms with van der Waals surface area (Å²) < 4.78 is 0. The van der Waals surface area contributed by atoms with E-state index in [0.29, 0.717) is 11.5 Å². The van der Waals surface area contributed by atoms with Crippen molar-refractivity contribution in [3.63, 3.8) is 0 Å². The molecule has 0 aliphatic rings. The molecule has 4 heteroatoms. The molecule has 3 aromatic carbocycles. The smallest absolute Gasteiger partial charge is 0.269 e. The number of Topliss-reactive ketones (excluding diaryl/α,β-unsaturated/α-hetero) is 1. The Balaban J connectivity index is 1.66. The number of nitrogens with zero attached hydrogens (tertiary/aromatic N) is 1. The van der Waals surface area contributed by atoms with Crippen molar-refractivity contribution >= 4 is 11.5 Å². The van der Waals surface area contributed by atoms with E-state index >= 15 is 0 Å². The second kappa shape index (κ2) is 9.28. The number of hydrogen-bond acceptors (Lipinski definition) is 3. The summed E-state index contributed by atoms with van der Waals surface area (Å²) >= 11 is 0. The van der Waals surface area contributed by atoms with Gasteiger partial charge < -0.3 is 0 Å². The Morgan fingerprint density at radius 3 is 1.90 bits per heavy atom. The minimum Gasteiger partial charge on any atom is -0.294 e. The van der Waals surface area contributed by atoms with Crippen LogP contribution in [-0.2, 0) is 12.8 Å². The summed E-state index contributed by atoms with van der Waals surface area (Å²) in [7, 11) is 0. The summed E-state index contributed by atoms with van der Waals surface area (Å²) in [4.78, 5) is 22.8. The Labute approximate surface area is 171 Å². The van der Waals surface area contributed by atoms with E-state index in [1.807, 2.05) is 24.3 Å². The normalized spacial score (nSPS) is 11.8. The second-order valence-corrected chi connectivity index (χ2v) is 7.52. The summed E-state index contributed by atoms with van der Waals surface area (Å²) in [6.45, 7) is 4.48. The fraction of sp³-hybridized carbons (Fsp3) is 0.240. The van der Waals surface area contributed by atoms with Gasteiger partial charge in [-0.1, -0.05) is 80.9 Å². The monoisotopic (exact) mass is 387 g/mol. The minimum absolute atomic E-state index is 0.00527. The van der Waals surface area contributed by atoms with Crippen LogP contribution in [0.3, 0.4) is 0 Å². The van der Waals surface area contributed by atoms with Crippen LogP contribution >= 0.6 is 0 Å². The standard InChI is InChI=1S/C25H25NO3/c1-3-18(2)16-19-4-8-21(9-5-19)22-10-12-23(13-11-22)25(27)17-20-6-14-24(15-7-20)26(28)29/h4-15,18H,3,16-17H2,1-2H3. The summed E-state index contributed by atoms with van der Waals surface area (Å²) in [6, 6.07) is 22.3. The molecule has 0 N–H and O–H groups in total. The summed E-state index contributed by atoms with van der Waals surface area (Å²) in [5.41, 5.74) is 4.99. The number of non-ortho nitro benzene ring substituents is 1. The topological polar surface area (TPSA) is 60.2 Å². The van der Waals surface area contributed by atoms with Gasteiger partial charge in [-0.05, 0) is 34.6 Å². The molecule has 0 aromatic heterocycles. The van der Waals surface area contributed by atoms with Crippen LogP contribution in [0.15, 0.2) is 72.8 Å². The molecule has 0 aliphatic heterocycles. The van der Waals surface area contributed by atoms with Crippen LogP contribution in [-0.4, -0.2) is 10.7 Å². The van der Waals surface area contributed by atoms with Crippen LogP contribution in [0.5, 0.6) is 0 Å². The second-order valence-electron chi connectivity index (χ2n) is 7.52. The first kappa shape index (κ1) is 20.5. The van der Waals surface area contributed by atoms with Crippen molar-refractivity contribution in [3.8, 4) is 11.1 Å². The van der Waals surface area contributed by atoms with Crippen molar-refractivity contribution < 1.29 is 9.72 Å². The van der Waals surface area contributed by atoms with Crippen LogP contribution in [0.2, 0.25) is 0 Å². The first-order chi connectivity index (χ1) is 14.0. The maximum atomic E-state index is 12.5. The van der Waals surface area contributed by atoms with Gasteiger partial charge in [-0.25, -0.2) is 0 Å². The zero-order valence-electron chi connectivity index (χ0n) is 16.8. The van der Waals surface area contributed by atoms with E-state index < -0.39 is 4.92 Å². The van der Waals surface area contributed by atoms with Crippen molar-refractivity contribution in [2.24, 2.45) is 5.92 Å². The zero-order valence-corrected chi connectivity index (χ0v) is 16.8. The Morgan fingerprint density at radius 1 is 0.862 bits per heavy atom. The maximum absolute atomic E-state index is 12.5. The molecule has 0 amide bonds. The van der Waals surface area contributed by atoms with Gasteiger partial charge in [0, 0.05) is 24.1 Å². The third-order valence-electron chi connectivity index (χ3n) is 5.29. The lowest BCUT2D eigenvalue weighted by atomic mass is 9.96. The van der Waals surface area contributed by atoms with Crippen molar-refractivity contribution in [1.82, 2.24) is 0 Å². The average Bonchev–Trinajstić information content (AvgIpc) is 2.74. The number of ketones is 1. The lowest BCUT2D eigenvalue weighted by Gasteiger charge is -2.09. The largest absolute Gasteiger partial charge is 0.294 e. The molecule has 4 nitrogen and oxygen atoms in total. The molecule has 0 aliphatic carbocycles. The quantitative estimate of drug-likeness (QED) is 0.260. The van der Waals surface area contributed by atoms with Gasteiger partial charge in [0.15, 0.2) is 5.78 Å². The predicted octanol–water partition coefficient (Wildman–Crippen LogP) is 6.28. The van der Waals surface area contributed by atoms with Crippen molar-refractivity contribution in [2.75, 3.05) is 0 Å². The number of hydrogen-bond donors (Lipinski definition) is 0. The first-order valence-electron chi connectivity index (χ1n) is 9.92. The number of benzene rings is 3. The molecule has 29 heavy (non-hydrogen) atoms. The van der Waals surface area contributed by atoms with Gasteiger partial charge >= 0.3 is 0 Å². The van der Waals surface area contributed by atoms with E-state index in [1.54, 1.807) is 12.1 Å². The van der Waals surface area contributed by atoms with Gasteiger partial charge in [0.25, 0.3) is 5.69 Å². The van der Waals surface area contributed by atoms with E-state index in [2.05, 4.69) is 38.1 Å². The van der Waals surface area contributed by atoms with Crippen LogP contribution < -0.4 is 0 Å². The predicted molar refractivity (Wildman–Crippen MR) is 116 cm³/mol. The third-order valence-corrected chi connectivity index (χ3v) is 5.29. The van der Waals surface area contributed by atoms with Crippen LogP contribution in [0.25, 0.3) is 11.1 Å². The molecule has 0 fully saturated rings. The van der Waals surface area contributed by atoms with Crippen LogP contribution in [0.4, 0.5) is 5.69 Å². The molecule has 0 saturated carbocycles. The first-order valence-corrected chi connectivity index (χ1v) is 9.92. The molecule has 0 bridgehead atoms. The van der Waals surface area contributed by atoms with Gasteiger partial charge in [0.05, 0.1) is 4.92 Å². The summed E-state index contributed by atoms with van der Waals surface area (Å²) in [5.74, 6) is 0.677. The number of carbonyl (C=O) groups excluding carboxylic acids is 1. The molecular weight excluding hydrogens is 362 g/mol. The van der Waals surface area contributed by atoms with Gasteiger partial charge in [-0.15, -0.1) is 0 Å². The zero-order chi connectivity index (χ0) is 20.8. The van der Waals surface area contributed by atoms with E-state index in [-0.39, 0.29) is 17.9 Å². The Morgan fingerprint density at radius 2 is 1.38 bits per heavy atom. The fourth-order valence-electron chi connectivity index (χ4n) is 3.25. The highest BCUT2D eigenvalue weighted by atomic mass is 16.6. The maximum Gasteiger partial charge on any atom is 0.269 e. The molecule has 3 rings (SSSR count). The number of carbonyl (C=O) groups is 1. The highest BCUT2D eigenvalue weighted by Crippen LogP contribution is 2.22. The number of rotatable bonds is 8. The lowest BCUT2D eigenvalue weighted by Crippen LogP contribution is -2.03. The van der Waals surface area contributed by atoms with E-state index in [4.69, 9.17) is 0 Å². The highest BCUT2D eigenvalue weighted by Gasteiger charge is 2.10. The molecule has 148 valence electrons. The molecule has 0 spiro atoms. The molecule has 0 saturated heterocycles. The summed E-state index contributed by atoms with van der Waals surface area (Å²) in [5, 5.41) is 10.7. The average molecular weight is 387 g/mol. The molecule has 3 aromatic rings. The Kier molecular flexibility index (Phi) is 6.55. The van der Waals surface area contributed by atoms with Crippen molar-refractivity contribution in [3.05, 3.63) is 99.6 Å². The molecule has 0 radical (unpaired) electrons. The molecule has 1 unspecified atom stereocenters. The molecule has 0 heterocycles. The highest BCUT2D eigenvalue weighted by molar-refractivity contribution is 5.97. The van der Waals surface area contributed by atoms with Crippen LogP contribution in [0.1, 0.15) is 41.8 Å². The lowest BCUT2D eigenvalue weighted by molar-refractivity contribution is -0.384. The van der Waals surface area contributed by atoms with Gasteiger partial charge in [-0.3, -0.25) is 14.9 Å². The van der Waals surface area contributed by atoms with Crippen molar-refractivity contribution in [2.45, 2.75) is 33.1 Å². The number of nitro benzene ring substituents is 1. The SMILES string of the molecule is CCC(C)Cc1ccc(-c2ccc(C(=O)Cc3ccc([N+](=O)[O-])cc3)cc2)cc1. The molecular formula is C25H25NO3. The van der Waals surface area contributed by atoms with Gasteiger partial charge in [-0.2, -0.15) is 0 Å². The van der Waals surface area contributed by atoms with Gasteiger partial charge in [0.1, 0.15) is 0 Å². The van der Waals surface area contributed by atoms with Crippen molar-refractivity contribution in [1.29, 1.82) is 0 Å². The summed E-state index contributed by atoms with van der Waals surface area (Å²) in [6.07, 6.45) is 2.49.